The second-order valence-electron chi connectivity index (χ2n) is 1.46. The summed E-state index contributed by atoms with van der Waals surface area (Å²) in [5.41, 5.74) is 4.97. The second-order valence-corrected chi connectivity index (χ2v) is 1.46. The zero-order chi connectivity index (χ0) is 5.44. The molecule has 0 fully saturated rings. The van der Waals surface area contributed by atoms with Gasteiger partial charge in [-0.2, -0.15) is 0 Å². The van der Waals surface area contributed by atoms with E-state index in [1.165, 1.54) is 0 Å². The van der Waals surface area contributed by atoms with E-state index in [-0.39, 0.29) is 23.7 Å². The standard InChI is InChI=1S/C4H5NO2/c5-4-2(6)1-3(4)7/h6H,1,5H2. The second kappa shape index (κ2) is 0.992. The van der Waals surface area contributed by atoms with Gasteiger partial charge in [-0.05, 0) is 0 Å². The summed E-state index contributed by atoms with van der Waals surface area (Å²) in [6, 6.07) is 0. The van der Waals surface area contributed by atoms with Crippen LogP contribution in [0.4, 0.5) is 0 Å². The van der Waals surface area contributed by atoms with Crippen LogP contribution in [0.15, 0.2) is 11.5 Å². The lowest BCUT2D eigenvalue weighted by atomic mass is 10.0. The van der Waals surface area contributed by atoms with E-state index >= 15 is 0 Å². The molecule has 0 aromatic carbocycles. The zero-order valence-corrected chi connectivity index (χ0v) is 3.64. The van der Waals surface area contributed by atoms with Crippen molar-refractivity contribution >= 4 is 5.78 Å². The number of Topliss-reactive ketones (excluding diaryl/α,β-unsaturated/α-hetero) is 1. The lowest BCUT2D eigenvalue weighted by Gasteiger charge is -2.10. The average molecular weight is 99.1 g/mol. The van der Waals surface area contributed by atoms with Gasteiger partial charge in [-0.25, -0.2) is 0 Å². The molecule has 0 saturated carbocycles. The van der Waals surface area contributed by atoms with Crippen molar-refractivity contribution in [3.63, 3.8) is 0 Å². The Morgan fingerprint density at radius 2 is 2.29 bits per heavy atom. The highest BCUT2D eigenvalue weighted by Gasteiger charge is 2.22. The number of aliphatic hydroxyl groups excluding tert-OH is 1. The average Bonchev–Trinajstić information content (AvgIpc) is 1.68. The molecule has 7 heavy (non-hydrogen) atoms. The predicted molar refractivity (Wildman–Crippen MR) is 23.5 cm³/mol. The fourth-order valence-electron chi connectivity index (χ4n) is 0.397. The van der Waals surface area contributed by atoms with Gasteiger partial charge in [0.1, 0.15) is 11.5 Å². The van der Waals surface area contributed by atoms with Crippen molar-refractivity contribution in [1.82, 2.24) is 0 Å². The molecular weight excluding hydrogens is 94.0 g/mol. The van der Waals surface area contributed by atoms with E-state index < -0.39 is 0 Å². The summed E-state index contributed by atoms with van der Waals surface area (Å²) in [5.74, 6) is -0.123. The molecule has 0 amide bonds. The fraction of sp³-hybridized carbons (Fsp3) is 0.250. The summed E-state index contributed by atoms with van der Waals surface area (Å²) >= 11 is 0. The van der Waals surface area contributed by atoms with Gasteiger partial charge in [-0.3, -0.25) is 4.79 Å². The number of carbonyl (C=O) groups excluding carboxylic acids is 1. The number of carbonyl (C=O) groups is 1. The van der Waals surface area contributed by atoms with Gasteiger partial charge in [0.15, 0.2) is 5.78 Å². The largest absolute Gasteiger partial charge is 0.510 e. The Balaban J connectivity index is 2.85. The molecule has 1 aliphatic carbocycles. The third-order valence-corrected chi connectivity index (χ3v) is 0.939. The van der Waals surface area contributed by atoms with Gasteiger partial charge in [0.2, 0.25) is 0 Å². The Bertz CT molecular complexity index is 148. The summed E-state index contributed by atoms with van der Waals surface area (Å²) < 4.78 is 0. The normalized spacial score (nSPS) is 19.7. The highest BCUT2D eigenvalue weighted by Crippen LogP contribution is 2.14. The molecule has 0 radical (unpaired) electrons. The Morgan fingerprint density at radius 3 is 2.29 bits per heavy atom. The minimum Gasteiger partial charge on any atom is -0.510 e. The first kappa shape index (κ1) is 4.18. The van der Waals surface area contributed by atoms with Crippen molar-refractivity contribution in [1.29, 1.82) is 0 Å². The third-order valence-electron chi connectivity index (χ3n) is 0.939. The number of hydrogen-bond donors (Lipinski definition) is 2. The number of nitrogens with two attached hydrogens (primary N) is 1. The number of ketones is 1. The summed E-state index contributed by atoms with van der Waals surface area (Å²) in [6.07, 6.45) is 0.131. The van der Waals surface area contributed by atoms with E-state index in [0.717, 1.165) is 0 Å². The number of hydrogen-bond acceptors (Lipinski definition) is 3. The monoisotopic (exact) mass is 99.0 g/mol. The lowest BCUT2D eigenvalue weighted by Crippen LogP contribution is -2.24. The van der Waals surface area contributed by atoms with Crippen LogP contribution >= 0.6 is 0 Å². The Morgan fingerprint density at radius 1 is 1.71 bits per heavy atom. The summed E-state index contributed by atoms with van der Waals surface area (Å²) in [6.45, 7) is 0. The molecule has 1 aliphatic rings. The summed E-state index contributed by atoms with van der Waals surface area (Å²) in [5, 5.41) is 8.42. The molecule has 0 saturated heterocycles. The zero-order valence-electron chi connectivity index (χ0n) is 3.64. The van der Waals surface area contributed by atoms with E-state index in [2.05, 4.69) is 0 Å². The van der Waals surface area contributed by atoms with Crippen molar-refractivity contribution < 1.29 is 9.90 Å². The first-order chi connectivity index (χ1) is 3.22. The number of aliphatic hydroxyl groups is 1. The highest BCUT2D eigenvalue weighted by atomic mass is 16.3. The molecule has 3 nitrogen and oxygen atoms in total. The van der Waals surface area contributed by atoms with Gasteiger partial charge in [0, 0.05) is 0 Å². The minimum atomic E-state index is -0.155. The molecule has 38 valence electrons. The molecule has 0 spiro atoms. The Kier molecular flexibility index (Phi) is 0.592. The Labute approximate surface area is 40.4 Å². The molecule has 0 atom stereocenters. The fourth-order valence-corrected chi connectivity index (χ4v) is 0.397. The number of rotatable bonds is 0. The van der Waals surface area contributed by atoms with Crippen LogP contribution in [0.1, 0.15) is 6.42 Å². The van der Waals surface area contributed by atoms with Gasteiger partial charge in [-0.15, -0.1) is 0 Å². The highest BCUT2D eigenvalue weighted by molar-refractivity contribution is 6.02. The smallest absolute Gasteiger partial charge is 0.189 e. The van der Waals surface area contributed by atoms with Crippen LogP contribution < -0.4 is 5.73 Å². The van der Waals surface area contributed by atoms with Gasteiger partial charge in [-0.1, -0.05) is 0 Å². The van der Waals surface area contributed by atoms with Gasteiger partial charge in [0.25, 0.3) is 0 Å². The molecule has 0 bridgehead atoms. The van der Waals surface area contributed by atoms with Crippen molar-refractivity contribution in [2.45, 2.75) is 6.42 Å². The lowest BCUT2D eigenvalue weighted by molar-refractivity contribution is -0.117. The quantitative estimate of drug-likeness (QED) is 0.437. The van der Waals surface area contributed by atoms with Crippen LogP contribution in [0.2, 0.25) is 0 Å². The van der Waals surface area contributed by atoms with Crippen LogP contribution in [-0.4, -0.2) is 10.9 Å². The van der Waals surface area contributed by atoms with Crippen LogP contribution in [0, 0.1) is 0 Å². The molecule has 0 heterocycles. The van der Waals surface area contributed by atoms with Crippen molar-refractivity contribution in [3.8, 4) is 0 Å². The summed E-state index contributed by atoms with van der Waals surface area (Å²) in [4.78, 5) is 10.1. The Hall–Kier alpha value is -0.990. The predicted octanol–water partition coefficient (Wildman–Crippen LogP) is -0.312. The van der Waals surface area contributed by atoms with Crippen LogP contribution in [0.3, 0.4) is 0 Å². The van der Waals surface area contributed by atoms with Crippen LogP contribution in [0.5, 0.6) is 0 Å². The van der Waals surface area contributed by atoms with E-state index in [1.54, 1.807) is 0 Å². The third kappa shape index (κ3) is 0.374. The maximum atomic E-state index is 10.1. The SMILES string of the molecule is NC1=C(O)CC1=O. The van der Waals surface area contributed by atoms with Crippen molar-refractivity contribution in [3.05, 3.63) is 11.5 Å². The first-order valence-corrected chi connectivity index (χ1v) is 1.92. The molecule has 0 aliphatic heterocycles. The van der Waals surface area contributed by atoms with Gasteiger partial charge >= 0.3 is 0 Å². The maximum Gasteiger partial charge on any atom is 0.189 e. The molecule has 0 aromatic rings. The van der Waals surface area contributed by atoms with E-state index in [1.807, 2.05) is 0 Å². The van der Waals surface area contributed by atoms with Crippen LogP contribution in [-0.2, 0) is 4.79 Å². The number of allylic oxidation sites excluding steroid dienone is 2. The van der Waals surface area contributed by atoms with Gasteiger partial charge in [0.05, 0.1) is 6.42 Å². The van der Waals surface area contributed by atoms with Crippen molar-refractivity contribution in [2.75, 3.05) is 0 Å². The molecule has 0 unspecified atom stereocenters. The molecule has 3 heteroatoms. The van der Waals surface area contributed by atoms with Crippen LogP contribution in [0.25, 0.3) is 0 Å². The van der Waals surface area contributed by atoms with E-state index in [4.69, 9.17) is 10.8 Å². The van der Waals surface area contributed by atoms with Crippen molar-refractivity contribution in [2.24, 2.45) is 5.73 Å². The maximum absolute atomic E-state index is 10.1. The molecule has 1 rings (SSSR count). The molecule has 0 aromatic heterocycles. The molecule has 3 N–H and O–H groups in total. The van der Waals surface area contributed by atoms with E-state index in [0.29, 0.717) is 0 Å². The minimum absolute atomic E-state index is 0.0278. The topological polar surface area (TPSA) is 63.3 Å². The van der Waals surface area contributed by atoms with Gasteiger partial charge < -0.3 is 10.8 Å². The van der Waals surface area contributed by atoms with E-state index in [9.17, 15) is 4.79 Å². The molecular formula is C4H5NO2. The summed E-state index contributed by atoms with van der Waals surface area (Å²) in [7, 11) is 0. The first-order valence-electron chi connectivity index (χ1n) is 1.92.